The van der Waals surface area contributed by atoms with Crippen molar-refractivity contribution >= 4 is 39.9 Å². The molecule has 6 heteroatoms. The number of amides is 1. The number of anilines is 1. The van der Waals surface area contributed by atoms with Crippen molar-refractivity contribution in [1.29, 1.82) is 0 Å². The third-order valence-electron chi connectivity index (χ3n) is 5.38. The highest BCUT2D eigenvalue weighted by Crippen LogP contribution is 2.33. The van der Waals surface area contributed by atoms with Crippen LogP contribution in [0.15, 0.2) is 71.1 Å². The zero-order chi connectivity index (χ0) is 22.8. The van der Waals surface area contributed by atoms with Gasteiger partial charge in [0.25, 0.3) is 5.91 Å². The standard InChI is InChI=1S/C26H22ClNO4/c1-15-7-6-10-21(16(15)2)31-17(3)26(30)28-23-20-8-4-5-9-22(20)32-25(23)24(29)18-11-13-19(27)14-12-18/h4-14,17H,1-3H3,(H,28,30)/t17-/m0/s1. The second kappa shape index (κ2) is 8.89. The monoisotopic (exact) mass is 447 g/mol. The SMILES string of the molecule is Cc1cccc(O[C@@H](C)C(=O)Nc2c(C(=O)c3ccc(Cl)cc3)oc3ccccc23)c1C. The molecule has 0 bridgehead atoms. The van der Waals surface area contributed by atoms with Gasteiger partial charge in [-0.2, -0.15) is 0 Å². The first-order valence-electron chi connectivity index (χ1n) is 10.2. The Morgan fingerprint density at radius 1 is 0.969 bits per heavy atom. The first-order chi connectivity index (χ1) is 15.3. The third kappa shape index (κ3) is 4.25. The molecule has 162 valence electrons. The number of aryl methyl sites for hydroxylation is 1. The molecule has 0 saturated carbocycles. The van der Waals surface area contributed by atoms with Crippen LogP contribution < -0.4 is 10.1 Å². The maximum atomic E-state index is 13.2. The Morgan fingerprint density at radius 3 is 2.44 bits per heavy atom. The smallest absolute Gasteiger partial charge is 0.265 e. The Labute approximate surface area is 191 Å². The van der Waals surface area contributed by atoms with Crippen molar-refractivity contribution in [3.05, 3.63) is 94.2 Å². The number of benzene rings is 3. The van der Waals surface area contributed by atoms with Crippen LogP contribution in [0.3, 0.4) is 0 Å². The second-order valence-corrected chi connectivity index (χ2v) is 8.02. The molecule has 1 atom stereocenters. The minimum absolute atomic E-state index is 0.0563. The molecule has 0 aliphatic rings. The maximum absolute atomic E-state index is 13.2. The first-order valence-corrected chi connectivity index (χ1v) is 10.6. The minimum Gasteiger partial charge on any atom is -0.481 e. The third-order valence-corrected chi connectivity index (χ3v) is 5.64. The summed E-state index contributed by atoms with van der Waals surface area (Å²) in [5.74, 6) is -0.0399. The van der Waals surface area contributed by atoms with Crippen molar-refractivity contribution < 1.29 is 18.7 Å². The van der Waals surface area contributed by atoms with Gasteiger partial charge in [-0.25, -0.2) is 0 Å². The molecular formula is C26H22ClNO4. The van der Waals surface area contributed by atoms with Crippen molar-refractivity contribution in [2.45, 2.75) is 26.9 Å². The quantitative estimate of drug-likeness (QED) is 0.350. The maximum Gasteiger partial charge on any atom is 0.265 e. The van der Waals surface area contributed by atoms with Gasteiger partial charge >= 0.3 is 0 Å². The minimum atomic E-state index is -0.789. The molecule has 1 N–H and O–H groups in total. The van der Waals surface area contributed by atoms with Gasteiger partial charge in [0.05, 0.1) is 5.69 Å². The average Bonchev–Trinajstić information content (AvgIpc) is 3.15. The van der Waals surface area contributed by atoms with E-state index < -0.39 is 6.10 Å². The molecule has 5 nitrogen and oxygen atoms in total. The van der Waals surface area contributed by atoms with Crippen LogP contribution in [0, 0.1) is 13.8 Å². The van der Waals surface area contributed by atoms with Gasteiger partial charge in [-0.3, -0.25) is 9.59 Å². The fourth-order valence-electron chi connectivity index (χ4n) is 3.38. The number of rotatable bonds is 6. The first kappa shape index (κ1) is 21.7. The second-order valence-electron chi connectivity index (χ2n) is 7.59. The number of nitrogens with one attached hydrogen (secondary N) is 1. The van der Waals surface area contributed by atoms with E-state index in [0.29, 0.717) is 33.0 Å². The molecule has 1 aromatic heterocycles. The van der Waals surface area contributed by atoms with Crippen LogP contribution in [0.2, 0.25) is 5.02 Å². The number of ketones is 1. The number of ether oxygens (including phenoxy) is 1. The van der Waals surface area contributed by atoms with Crippen molar-refractivity contribution in [3.8, 4) is 5.75 Å². The number of para-hydroxylation sites is 1. The van der Waals surface area contributed by atoms with Crippen LogP contribution in [0.25, 0.3) is 11.0 Å². The molecule has 0 unspecified atom stereocenters. The molecule has 0 saturated heterocycles. The Morgan fingerprint density at radius 2 is 1.69 bits per heavy atom. The topological polar surface area (TPSA) is 68.5 Å². The lowest BCUT2D eigenvalue weighted by Gasteiger charge is -2.17. The molecule has 4 aromatic rings. The van der Waals surface area contributed by atoms with Crippen LogP contribution in [0.5, 0.6) is 5.75 Å². The lowest BCUT2D eigenvalue weighted by Crippen LogP contribution is -2.30. The summed E-state index contributed by atoms with van der Waals surface area (Å²) in [5, 5.41) is 4.01. The zero-order valence-electron chi connectivity index (χ0n) is 17.9. The molecule has 32 heavy (non-hydrogen) atoms. The fraction of sp³-hybridized carbons (Fsp3) is 0.154. The Bertz CT molecular complexity index is 1310. The lowest BCUT2D eigenvalue weighted by atomic mass is 10.1. The van der Waals surface area contributed by atoms with E-state index in [0.717, 1.165) is 11.1 Å². The lowest BCUT2D eigenvalue weighted by molar-refractivity contribution is -0.122. The summed E-state index contributed by atoms with van der Waals surface area (Å²) in [6, 6.07) is 19.4. The summed E-state index contributed by atoms with van der Waals surface area (Å²) in [7, 11) is 0. The van der Waals surface area contributed by atoms with E-state index in [-0.39, 0.29) is 17.5 Å². The van der Waals surface area contributed by atoms with Crippen molar-refractivity contribution in [3.63, 3.8) is 0 Å². The van der Waals surface area contributed by atoms with Crippen LogP contribution in [0.1, 0.15) is 34.2 Å². The Hall–Kier alpha value is -3.57. The van der Waals surface area contributed by atoms with Gasteiger partial charge in [0.2, 0.25) is 5.78 Å². The van der Waals surface area contributed by atoms with Crippen molar-refractivity contribution in [2.24, 2.45) is 0 Å². The van der Waals surface area contributed by atoms with E-state index >= 15 is 0 Å². The fourth-order valence-corrected chi connectivity index (χ4v) is 3.51. The number of hydrogen-bond acceptors (Lipinski definition) is 4. The molecule has 0 aliphatic heterocycles. The molecule has 0 fully saturated rings. The summed E-state index contributed by atoms with van der Waals surface area (Å²) in [6.45, 7) is 5.60. The van der Waals surface area contributed by atoms with Crippen molar-refractivity contribution in [1.82, 2.24) is 0 Å². The van der Waals surface area contributed by atoms with E-state index in [1.807, 2.05) is 38.1 Å². The molecule has 4 rings (SSSR count). The normalized spacial score (nSPS) is 11.9. The number of hydrogen-bond donors (Lipinski definition) is 1. The van der Waals surface area contributed by atoms with Crippen LogP contribution in [-0.2, 0) is 4.79 Å². The van der Waals surface area contributed by atoms with Gasteiger partial charge in [0.1, 0.15) is 11.3 Å². The Kier molecular flexibility index (Phi) is 6.01. The highest BCUT2D eigenvalue weighted by molar-refractivity contribution is 6.30. The largest absolute Gasteiger partial charge is 0.481 e. The van der Waals surface area contributed by atoms with E-state index in [1.54, 1.807) is 49.4 Å². The summed E-state index contributed by atoms with van der Waals surface area (Å²) < 4.78 is 11.7. The summed E-state index contributed by atoms with van der Waals surface area (Å²) >= 11 is 5.94. The van der Waals surface area contributed by atoms with E-state index in [1.165, 1.54) is 0 Å². The van der Waals surface area contributed by atoms with E-state index in [2.05, 4.69) is 5.32 Å². The number of fused-ring (bicyclic) bond motifs is 1. The van der Waals surface area contributed by atoms with Gasteiger partial charge in [0, 0.05) is 16.0 Å². The molecular weight excluding hydrogens is 426 g/mol. The van der Waals surface area contributed by atoms with E-state index in [4.69, 9.17) is 20.8 Å². The highest BCUT2D eigenvalue weighted by Gasteiger charge is 2.25. The molecule has 0 radical (unpaired) electrons. The number of halogens is 1. The van der Waals surface area contributed by atoms with Gasteiger partial charge in [-0.15, -0.1) is 0 Å². The number of carbonyl (C=O) groups excluding carboxylic acids is 2. The molecule has 3 aromatic carbocycles. The molecule has 0 spiro atoms. The van der Waals surface area contributed by atoms with Crippen LogP contribution in [0.4, 0.5) is 5.69 Å². The molecule has 1 amide bonds. The zero-order valence-corrected chi connectivity index (χ0v) is 18.7. The summed E-state index contributed by atoms with van der Waals surface area (Å²) in [5.41, 5.74) is 3.28. The molecule has 0 aliphatic carbocycles. The van der Waals surface area contributed by atoms with Gasteiger partial charge < -0.3 is 14.5 Å². The van der Waals surface area contributed by atoms with Gasteiger partial charge in [-0.05, 0) is 74.4 Å². The van der Waals surface area contributed by atoms with Crippen LogP contribution >= 0.6 is 11.6 Å². The van der Waals surface area contributed by atoms with Gasteiger partial charge in [-0.1, -0.05) is 35.9 Å². The van der Waals surface area contributed by atoms with Crippen LogP contribution in [-0.4, -0.2) is 17.8 Å². The molecule has 1 heterocycles. The number of carbonyl (C=O) groups is 2. The Balaban J connectivity index is 1.65. The summed E-state index contributed by atoms with van der Waals surface area (Å²) in [4.78, 5) is 26.2. The highest BCUT2D eigenvalue weighted by atomic mass is 35.5. The average molecular weight is 448 g/mol. The predicted octanol–water partition coefficient (Wildman–Crippen LogP) is 6.34. The van der Waals surface area contributed by atoms with E-state index in [9.17, 15) is 9.59 Å². The predicted molar refractivity (Wildman–Crippen MR) is 126 cm³/mol. The van der Waals surface area contributed by atoms with Gasteiger partial charge in [0.15, 0.2) is 11.9 Å². The van der Waals surface area contributed by atoms with Crippen molar-refractivity contribution in [2.75, 3.05) is 5.32 Å². The number of furan rings is 1. The summed E-state index contributed by atoms with van der Waals surface area (Å²) in [6.07, 6.45) is -0.789.